The first-order valence-electron chi connectivity index (χ1n) is 9.59. The van der Waals surface area contributed by atoms with Crippen LogP contribution in [0.15, 0.2) is 83.8 Å². The molecule has 5 nitrogen and oxygen atoms in total. The number of amides is 2. The standard InChI is InChI=1S/C24H24N2O3S/c1-17(24(28)26-19-11-13-21(29-2)14-12-19)30-22-10-6-9-20(16-22)25-23(27)15-18-7-4-3-5-8-18/h3-14,16-17H,15H2,1-2H3,(H,25,27)(H,26,28). The van der Waals surface area contributed by atoms with Crippen molar-refractivity contribution >= 4 is 35.0 Å². The highest BCUT2D eigenvalue weighted by molar-refractivity contribution is 8.00. The second-order valence-corrected chi connectivity index (χ2v) is 8.13. The van der Waals surface area contributed by atoms with Gasteiger partial charge in [0.25, 0.3) is 0 Å². The Balaban J connectivity index is 1.55. The Morgan fingerprint density at radius 1 is 0.900 bits per heavy atom. The second-order valence-electron chi connectivity index (χ2n) is 6.72. The Hall–Kier alpha value is -3.25. The van der Waals surface area contributed by atoms with Crippen LogP contribution in [0.2, 0.25) is 0 Å². The van der Waals surface area contributed by atoms with Gasteiger partial charge in [-0.15, -0.1) is 11.8 Å². The molecule has 154 valence electrons. The zero-order chi connectivity index (χ0) is 21.3. The van der Waals surface area contributed by atoms with Crippen LogP contribution >= 0.6 is 11.8 Å². The number of carbonyl (C=O) groups is 2. The van der Waals surface area contributed by atoms with Crippen LogP contribution in [0, 0.1) is 0 Å². The predicted molar refractivity (Wildman–Crippen MR) is 122 cm³/mol. The largest absolute Gasteiger partial charge is 0.497 e. The quantitative estimate of drug-likeness (QED) is 0.504. The van der Waals surface area contributed by atoms with Gasteiger partial charge in [-0.2, -0.15) is 0 Å². The number of rotatable bonds is 8. The molecule has 0 aromatic heterocycles. The monoisotopic (exact) mass is 420 g/mol. The summed E-state index contributed by atoms with van der Waals surface area (Å²) in [4.78, 5) is 25.7. The number of benzene rings is 3. The summed E-state index contributed by atoms with van der Waals surface area (Å²) in [6.45, 7) is 1.85. The lowest BCUT2D eigenvalue weighted by atomic mass is 10.1. The number of thioether (sulfide) groups is 1. The average Bonchev–Trinajstić information content (AvgIpc) is 2.75. The molecule has 0 saturated heterocycles. The molecule has 1 unspecified atom stereocenters. The van der Waals surface area contributed by atoms with Crippen molar-refractivity contribution in [3.63, 3.8) is 0 Å². The minimum atomic E-state index is -0.303. The van der Waals surface area contributed by atoms with Crippen LogP contribution in [0.1, 0.15) is 12.5 Å². The van der Waals surface area contributed by atoms with Gasteiger partial charge in [0.2, 0.25) is 11.8 Å². The molecule has 0 aliphatic rings. The SMILES string of the molecule is COc1ccc(NC(=O)C(C)Sc2cccc(NC(=O)Cc3ccccc3)c2)cc1. The van der Waals surface area contributed by atoms with Crippen molar-refractivity contribution in [3.05, 3.63) is 84.4 Å². The second kappa shape index (κ2) is 10.5. The molecule has 6 heteroatoms. The maximum absolute atomic E-state index is 12.5. The van der Waals surface area contributed by atoms with Gasteiger partial charge in [0.05, 0.1) is 18.8 Å². The zero-order valence-corrected chi connectivity index (χ0v) is 17.7. The van der Waals surface area contributed by atoms with E-state index >= 15 is 0 Å². The van der Waals surface area contributed by atoms with E-state index in [1.54, 1.807) is 31.4 Å². The molecule has 0 spiro atoms. The van der Waals surface area contributed by atoms with E-state index in [4.69, 9.17) is 4.74 Å². The van der Waals surface area contributed by atoms with Gasteiger partial charge in [-0.25, -0.2) is 0 Å². The highest BCUT2D eigenvalue weighted by Gasteiger charge is 2.15. The summed E-state index contributed by atoms with van der Waals surface area (Å²) < 4.78 is 5.13. The van der Waals surface area contributed by atoms with E-state index in [0.717, 1.165) is 21.9 Å². The first kappa shape index (κ1) is 21.5. The smallest absolute Gasteiger partial charge is 0.237 e. The first-order chi connectivity index (χ1) is 14.5. The van der Waals surface area contributed by atoms with E-state index in [0.29, 0.717) is 12.1 Å². The average molecular weight is 421 g/mol. The number of carbonyl (C=O) groups excluding carboxylic acids is 2. The molecule has 0 bridgehead atoms. The van der Waals surface area contributed by atoms with Crippen LogP contribution in [0.5, 0.6) is 5.75 Å². The van der Waals surface area contributed by atoms with Crippen LogP contribution < -0.4 is 15.4 Å². The highest BCUT2D eigenvalue weighted by Crippen LogP contribution is 2.27. The van der Waals surface area contributed by atoms with Crippen LogP contribution in [-0.4, -0.2) is 24.2 Å². The van der Waals surface area contributed by atoms with Gasteiger partial charge >= 0.3 is 0 Å². The van der Waals surface area contributed by atoms with E-state index in [2.05, 4.69) is 10.6 Å². The fraction of sp³-hybridized carbons (Fsp3) is 0.167. The molecular formula is C24H24N2O3S. The molecule has 2 amide bonds. The number of ether oxygens (including phenoxy) is 1. The topological polar surface area (TPSA) is 67.4 Å². The summed E-state index contributed by atoms with van der Waals surface area (Å²) in [5.41, 5.74) is 2.39. The Bertz CT molecular complexity index is 991. The van der Waals surface area contributed by atoms with E-state index in [9.17, 15) is 9.59 Å². The minimum absolute atomic E-state index is 0.0753. The maximum atomic E-state index is 12.5. The van der Waals surface area contributed by atoms with Crippen LogP contribution in [0.25, 0.3) is 0 Å². The fourth-order valence-electron chi connectivity index (χ4n) is 2.81. The molecule has 3 aromatic rings. The van der Waals surface area contributed by atoms with E-state index in [1.807, 2.05) is 61.5 Å². The predicted octanol–water partition coefficient (Wildman–Crippen LogP) is 5.00. The van der Waals surface area contributed by atoms with Gasteiger partial charge in [0, 0.05) is 16.3 Å². The van der Waals surface area contributed by atoms with Gasteiger partial charge in [-0.1, -0.05) is 36.4 Å². The summed E-state index contributed by atoms with van der Waals surface area (Å²) >= 11 is 1.44. The molecule has 0 aliphatic carbocycles. The third-order valence-corrected chi connectivity index (χ3v) is 5.46. The lowest BCUT2D eigenvalue weighted by molar-refractivity contribution is -0.116. The number of methoxy groups -OCH3 is 1. The Kier molecular flexibility index (Phi) is 7.51. The van der Waals surface area contributed by atoms with Crippen molar-refractivity contribution < 1.29 is 14.3 Å². The maximum Gasteiger partial charge on any atom is 0.237 e. The van der Waals surface area contributed by atoms with Gasteiger partial charge in [-0.3, -0.25) is 9.59 Å². The number of hydrogen-bond acceptors (Lipinski definition) is 4. The van der Waals surface area contributed by atoms with Gasteiger partial charge in [0.15, 0.2) is 0 Å². The molecule has 0 radical (unpaired) electrons. The van der Waals surface area contributed by atoms with E-state index < -0.39 is 0 Å². The van der Waals surface area contributed by atoms with Crippen LogP contribution in [-0.2, 0) is 16.0 Å². The number of hydrogen-bond donors (Lipinski definition) is 2. The Morgan fingerprint density at radius 3 is 2.33 bits per heavy atom. The minimum Gasteiger partial charge on any atom is -0.497 e. The summed E-state index contributed by atoms with van der Waals surface area (Å²) in [6, 6.07) is 24.3. The molecule has 3 aromatic carbocycles. The van der Waals surface area contributed by atoms with Crippen molar-refractivity contribution in [2.75, 3.05) is 17.7 Å². The van der Waals surface area contributed by atoms with Crippen LogP contribution in [0.3, 0.4) is 0 Å². The lowest BCUT2D eigenvalue weighted by Crippen LogP contribution is -2.22. The number of nitrogens with one attached hydrogen (secondary N) is 2. The summed E-state index contributed by atoms with van der Waals surface area (Å²) in [6.07, 6.45) is 0.318. The van der Waals surface area contributed by atoms with Gasteiger partial charge in [-0.05, 0) is 55.0 Å². The van der Waals surface area contributed by atoms with Gasteiger partial charge < -0.3 is 15.4 Å². The highest BCUT2D eigenvalue weighted by atomic mass is 32.2. The van der Waals surface area contributed by atoms with Crippen molar-refractivity contribution in [2.24, 2.45) is 0 Å². The zero-order valence-electron chi connectivity index (χ0n) is 16.9. The molecule has 2 N–H and O–H groups in total. The van der Waals surface area contributed by atoms with Crippen molar-refractivity contribution in [3.8, 4) is 5.75 Å². The van der Waals surface area contributed by atoms with E-state index in [1.165, 1.54) is 11.8 Å². The molecule has 1 atom stereocenters. The Morgan fingerprint density at radius 2 is 1.63 bits per heavy atom. The first-order valence-corrected chi connectivity index (χ1v) is 10.5. The third kappa shape index (κ3) is 6.39. The van der Waals surface area contributed by atoms with Crippen molar-refractivity contribution in [1.29, 1.82) is 0 Å². The normalized spacial score (nSPS) is 11.4. The van der Waals surface area contributed by atoms with Crippen molar-refractivity contribution in [1.82, 2.24) is 0 Å². The Labute approximate surface area is 180 Å². The molecule has 0 fully saturated rings. The molecular weight excluding hydrogens is 396 g/mol. The molecule has 0 aliphatic heterocycles. The van der Waals surface area contributed by atoms with Crippen molar-refractivity contribution in [2.45, 2.75) is 23.5 Å². The van der Waals surface area contributed by atoms with Gasteiger partial charge in [0.1, 0.15) is 5.75 Å². The summed E-state index contributed by atoms with van der Waals surface area (Å²) in [7, 11) is 1.60. The molecule has 3 rings (SSSR count). The summed E-state index contributed by atoms with van der Waals surface area (Å²) in [5, 5.41) is 5.52. The fourth-order valence-corrected chi connectivity index (χ4v) is 3.74. The third-order valence-electron chi connectivity index (χ3n) is 4.36. The summed E-state index contributed by atoms with van der Waals surface area (Å²) in [5.74, 6) is 0.568. The molecule has 0 heterocycles. The molecule has 0 saturated carbocycles. The van der Waals surface area contributed by atoms with E-state index in [-0.39, 0.29) is 17.1 Å². The van der Waals surface area contributed by atoms with Crippen LogP contribution in [0.4, 0.5) is 11.4 Å². The number of anilines is 2. The lowest BCUT2D eigenvalue weighted by Gasteiger charge is -2.13. The molecule has 30 heavy (non-hydrogen) atoms.